The summed E-state index contributed by atoms with van der Waals surface area (Å²) in [6, 6.07) is 1.52. The van der Waals surface area contributed by atoms with E-state index >= 15 is 0 Å². The lowest BCUT2D eigenvalue weighted by Crippen LogP contribution is -2.45. The Morgan fingerprint density at radius 1 is 1.38 bits per heavy atom. The number of aromatic hydroxyl groups is 1. The number of primary amides is 1. The molecule has 0 bridgehead atoms. The molecule has 1 aromatic carbocycles. The van der Waals surface area contributed by atoms with Crippen molar-refractivity contribution in [2.75, 3.05) is 4.90 Å². The third kappa shape index (κ3) is 2.12. The molecule has 0 saturated carbocycles. The van der Waals surface area contributed by atoms with E-state index < -0.39 is 12.0 Å². The number of nitrogens with zero attached hydrogens (tertiary/aromatic N) is 1. The van der Waals surface area contributed by atoms with Gasteiger partial charge in [0.2, 0.25) is 5.96 Å². The van der Waals surface area contributed by atoms with Gasteiger partial charge in [0.1, 0.15) is 10.8 Å². The van der Waals surface area contributed by atoms with Gasteiger partial charge in [0.05, 0.1) is 10.7 Å². The second kappa shape index (κ2) is 4.46. The molecule has 86 valence electrons. The molecule has 1 aromatic rings. The van der Waals surface area contributed by atoms with Crippen molar-refractivity contribution in [3.63, 3.8) is 0 Å². The summed E-state index contributed by atoms with van der Waals surface area (Å²) in [4.78, 5) is 11.7. The number of phenols is 1. The SMILES string of the molecule is N=C(N)N(C(N)=O)c1c(Cl)ccc(O)c1Cl. The van der Waals surface area contributed by atoms with Gasteiger partial charge in [-0.3, -0.25) is 5.41 Å². The highest BCUT2D eigenvalue weighted by molar-refractivity contribution is 6.42. The summed E-state index contributed by atoms with van der Waals surface area (Å²) >= 11 is 11.5. The van der Waals surface area contributed by atoms with Crippen LogP contribution in [0.5, 0.6) is 5.75 Å². The summed E-state index contributed by atoms with van der Waals surface area (Å²) in [6.07, 6.45) is 0. The van der Waals surface area contributed by atoms with Gasteiger partial charge in [0.25, 0.3) is 0 Å². The Bertz CT molecular complexity index is 450. The van der Waals surface area contributed by atoms with Crippen molar-refractivity contribution < 1.29 is 9.90 Å². The number of amides is 2. The van der Waals surface area contributed by atoms with Gasteiger partial charge in [-0.05, 0) is 12.1 Å². The molecule has 0 aromatic heterocycles. The number of hydrogen-bond donors (Lipinski definition) is 4. The molecule has 0 aliphatic rings. The number of phenolic OH excluding ortho intramolecular Hbond substituents is 1. The molecule has 0 saturated heterocycles. The molecule has 0 aliphatic carbocycles. The first-order chi connectivity index (χ1) is 7.36. The van der Waals surface area contributed by atoms with E-state index in [0.29, 0.717) is 4.90 Å². The molecule has 1 rings (SSSR count). The minimum atomic E-state index is -1.03. The Balaban J connectivity index is 3.46. The second-order valence-electron chi connectivity index (χ2n) is 2.79. The lowest BCUT2D eigenvalue weighted by Gasteiger charge is -2.20. The van der Waals surface area contributed by atoms with E-state index in [0.717, 1.165) is 0 Å². The number of hydrogen-bond acceptors (Lipinski definition) is 3. The molecule has 0 spiro atoms. The van der Waals surface area contributed by atoms with Crippen LogP contribution >= 0.6 is 23.2 Å². The van der Waals surface area contributed by atoms with Crippen molar-refractivity contribution in [2.24, 2.45) is 11.5 Å². The fourth-order valence-electron chi connectivity index (χ4n) is 1.08. The molecule has 0 aliphatic heterocycles. The highest BCUT2D eigenvalue weighted by Crippen LogP contribution is 2.39. The average molecular weight is 263 g/mol. The van der Waals surface area contributed by atoms with Crippen molar-refractivity contribution in [1.29, 1.82) is 5.41 Å². The van der Waals surface area contributed by atoms with E-state index in [1.165, 1.54) is 12.1 Å². The highest BCUT2D eigenvalue weighted by Gasteiger charge is 2.23. The first kappa shape index (κ1) is 12.4. The van der Waals surface area contributed by atoms with Crippen LogP contribution in [0, 0.1) is 5.41 Å². The number of nitrogens with one attached hydrogen (secondary N) is 1. The molecule has 6 N–H and O–H groups in total. The lowest BCUT2D eigenvalue weighted by molar-refractivity contribution is 0.256. The summed E-state index contributed by atoms with van der Waals surface area (Å²) in [5, 5.41) is 16.4. The third-order valence-electron chi connectivity index (χ3n) is 1.73. The average Bonchev–Trinajstić information content (AvgIpc) is 2.17. The number of benzene rings is 1. The minimum absolute atomic E-state index is 0.0387. The third-order valence-corrected chi connectivity index (χ3v) is 2.41. The van der Waals surface area contributed by atoms with Crippen LogP contribution in [0.4, 0.5) is 10.5 Å². The zero-order valence-electron chi connectivity index (χ0n) is 7.87. The number of urea groups is 1. The lowest BCUT2D eigenvalue weighted by atomic mass is 10.2. The first-order valence-electron chi connectivity index (χ1n) is 3.96. The standard InChI is InChI=1S/C8H8Cl2N4O2/c9-3-1-2-4(15)5(10)6(3)14(7(11)12)8(13)16/h1-2,15H,(H3,11,12)(H2,13,16). The van der Waals surface area contributed by atoms with Crippen LogP contribution in [-0.2, 0) is 0 Å². The maximum atomic E-state index is 11.1. The number of rotatable bonds is 1. The minimum Gasteiger partial charge on any atom is -0.506 e. The van der Waals surface area contributed by atoms with Gasteiger partial charge >= 0.3 is 6.03 Å². The largest absolute Gasteiger partial charge is 0.506 e. The van der Waals surface area contributed by atoms with E-state index in [4.69, 9.17) is 40.1 Å². The molecular formula is C8H8Cl2N4O2. The molecule has 0 fully saturated rings. The van der Waals surface area contributed by atoms with Gasteiger partial charge in [0.15, 0.2) is 0 Å². The van der Waals surface area contributed by atoms with Crippen molar-refractivity contribution in [3.8, 4) is 5.75 Å². The van der Waals surface area contributed by atoms with Gasteiger partial charge in [-0.1, -0.05) is 23.2 Å². The summed E-state index contributed by atoms with van der Waals surface area (Å²) in [5.41, 5.74) is 10.1. The normalized spacial score (nSPS) is 9.88. The van der Waals surface area contributed by atoms with Gasteiger partial charge in [0, 0.05) is 0 Å². The van der Waals surface area contributed by atoms with Crippen molar-refractivity contribution >= 4 is 40.9 Å². The summed E-state index contributed by atoms with van der Waals surface area (Å²) in [5.74, 6) is -0.949. The number of halogens is 2. The summed E-state index contributed by atoms with van der Waals surface area (Å²) in [7, 11) is 0. The van der Waals surface area contributed by atoms with Gasteiger partial charge in [-0.2, -0.15) is 0 Å². The van der Waals surface area contributed by atoms with Crippen LogP contribution in [0.2, 0.25) is 10.0 Å². The fraction of sp³-hybridized carbons (Fsp3) is 0. The molecule has 16 heavy (non-hydrogen) atoms. The molecule has 0 unspecified atom stereocenters. The maximum Gasteiger partial charge on any atom is 0.326 e. The Kier molecular flexibility index (Phi) is 3.46. The Morgan fingerprint density at radius 2 is 1.94 bits per heavy atom. The van der Waals surface area contributed by atoms with E-state index in [-0.39, 0.29) is 21.5 Å². The summed E-state index contributed by atoms with van der Waals surface area (Å²) < 4.78 is 0. The second-order valence-corrected chi connectivity index (χ2v) is 3.57. The van der Waals surface area contributed by atoms with Crippen LogP contribution in [0.1, 0.15) is 0 Å². The number of nitrogens with two attached hydrogens (primary N) is 2. The molecule has 2 amide bonds. The number of carbonyl (C=O) groups is 1. The monoisotopic (exact) mass is 262 g/mol. The number of guanidine groups is 1. The zero-order chi connectivity index (χ0) is 12.5. The predicted molar refractivity (Wildman–Crippen MR) is 62.1 cm³/mol. The first-order valence-corrected chi connectivity index (χ1v) is 4.72. The Hall–Kier alpha value is -1.66. The van der Waals surface area contributed by atoms with Crippen LogP contribution in [0.15, 0.2) is 12.1 Å². The molecule has 6 nitrogen and oxygen atoms in total. The Morgan fingerprint density at radius 3 is 2.38 bits per heavy atom. The van der Waals surface area contributed by atoms with Crippen LogP contribution in [0.3, 0.4) is 0 Å². The maximum absolute atomic E-state index is 11.1. The smallest absolute Gasteiger partial charge is 0.326 e. The molecule has 0 heterocycles. The van der Waals surface area contributed by atoms with E-state index in [1.807, 2.05) is 0 Å². The number of anilines is 1. The quantitative estimate of drug-likeness (QED) is 0.454. The predicted octanol–water partition coefficient (Wildman–Crippen LogP) is 1.48. The van der Waals surface area contributed by atoms with Crippen LogP contribution < -0.4 is 16.4 Å². The van der Waals surface area contributed by atoms with Crippen molar-refractivity contribution in [2.45, 2.75) is 0 Å². The van der Waals surface area contributed by atoms with Gasteiger partial charge in [-0.15, -0.1) is 0 Å². The van der Waals surface area contributed by atoms with E-state index in [9.17, 15) is 9.90 Å². The molecular weight excluding hydrogens is 255 g/mol. The summed E-state index contributed by atoms with van der Waals surface area (Å²) in [6.45, 7) is 0. The number of carbonyl (C=O) groups excluding carboxylic acids is 1. The van der Waals surface area contributed by atoms with Crippen molar-refractivity contribution in [3.05, 3.63) is 22.2 Å². The topological polar surface area (TPSA) is 116 Å². The van der Waals surface area contributed by atoms with Crippen LogP contribution in [-0.4, -0.2) is 17.1 Å². The molecule has 0 radical (unpaired) electrons. The highest BCUT2D eigenvalue weighted by atomic mass is 35.5. The Labute approximate surface area is 101 Å². The van der Waals surface area contributed by atoms with Gasteiger partial charge < -0.3 is 16.6 Å². The van der Waals surface area contributed by atoms with E-state index in [2.05, 4.69) is 0 Å². The zero-order valence-corrected chi connectivity index (χ0v) is 9.38. The van der Waals surface area contributed by atoms with Gasteiger partial charge in [-0.25, -0.2) is 9.69 Å². The fourth-order valence-corrected chi connectivity index (χ4v) is 1.62. The van der Waals surface area contributed by atoms with Crippen LogP contribution in [0.25, 0.3) is 0 Å². The van der Waals surface area contributed by atoms with Crippen molar-refractivity contribution in [1.82, 2.24) is 0 Å². The molecule has 8 heteroatoms. The van der Waals surface area contributed by atoms with E-state index in [1.54, 1.807) is 0 Å². The molecule has 0 atom stereocenters.